The summed E-state index contributed by atoms with van der Waals surface area (Å²) in [6.45, 7) is 1.07. The van der Waals surface area contributed by atoms with Gasteiger partial charge in [0.1, 0.15) is 6.04 Å². The van der Waals surface area contributed by atoms with E-state index in [1.165, 1.54) is 7.05 Å². The molecule has 1 unspecified atom stereocenters. The van der Waals surface area contributed by atoms with Gasteiger partial charge in [-0.2, -0.15) is 13.2 Å². The summed E-state index contributed by atoms with van der Waals surface area (Å²) in [6.07, 6.45) is -4.10. The molecule has 0 radical (unpaired) electrons. The van der Waals surface area contributed by atoms with Gasteiger partial charge in [0.15, 0.2) is 0 Å². The monoisotopic (exact) mass is 163 g/mol. The van der Waals surface area contributed by atoms with Gasteiger partial charge in [-0.05, 0) is 14.0 Å². The van der Waals surface area contributed by atoms with Crippen LogP contribution in [0.15, 0.2) is 0 Å². The van der Waals surface area contributed by atoms with Crippen LogP contribution in [0, 0.1) is 0 Å². The van der Waals surface area contributed by atoms with Crippen molar-refractivity contribution in [3.05, 3.63) is 0 Å². The maximum Gasteiger partial charge on any atom is 0.403 e. The van der Waals surface area contributed by atoms with Crippen molar-refractivity contribution in [2.75, 3.05) is 7.05 Å². The number of rotatable bonds is 1. The predicted molar refractivity (Wildman–Crippen MR) is 31.8 cm³/mol. The highest BCUT2D eigenvalue weighted by molar-refractivity contribution is 5.85. The second kappa shape index (κ2) is 3.95. The van der Waals surface area contributed by atoms with Gasteiger partial charge in [0.05, 0.1) is 0 Å². The van der Waals surface area contributed by atoms with Gasteiger partial charge in [0.25, 0.3) is 0 Å². The molecule has 0 saturated heterocycles. The highest BCUT2D eigenvalue weighted by Gasteiger charge is 2.34. The maximum atomic E-state index is 11.4. The molecule has 58 valence electrons. The normalized spacial score (nSPS) is 14.3. The van der Waals surface area contributed by atoms with Crippen LogP contribution in [0.4, 0.5) is 13.2 Å². The quantitative estimate of drug-likeness (QED) is 0.619. The summed E-state index contributed by atoms with van der Waals surface area (Å²) >= 11 is 0. The van der Waals surface area contributed by atoms with Crippen LogP contribution in [0.1, 0.15) is 6.92 Å². The van der Waals surface area contributed by atoms with Gasteiger partial charge in [0, 0.05) is 0 Å². The second-order valence-corrected chi connectivity index (χ2v) is 1.55. The molecule has 9 heavy (non-hydrogen) atoms. The van der Waals surface area contributed by atoms with Crippen molar-refractivity contribution in [1.29, 1.82) is 0 Å². The molecular formula is C4H9ClF3N. The van der Waals surface area contributed by atoms with Crippen molar-refractivity contribution in [1.82, 2.24) is 5.32 Å². The highest BCUT2D eigenvalue weighted by atomic mass is 35.5. The number of alkyl halides is 3. The van der Waals surface area contributed by atoms with Gasteiger partial charge in [-0.1, -0.05) is 0 Å². The Hall–Kier alpha value is 0.0400. The maximum absolute atomic E-state index is 11.4. The van der Waals surface area contributed by atoms with E-state index in [0.29, 0.717) is 0 Å². The lowest BCUT2D eigenvalue weighted by molar-refractivity contribution is -0.150. The fraction of sp³-hybridized carbons (Fsp3) is 1.00. The van der Waals surface area contributed by atoms with Gasteiger partial charge in [-0.25, -0.2) is 0 Å². The van der Waals surface area contributed by atoms with Crippen LogP contribution in [-0.4, -0.2) is 19.3 Å². The summed E-state index contributed by atoms with van der Waals surface area (Å²) in [6, 6.07) is -1.40. The highest BCUT2D eigenvalue weighted by Crippen LogP contribution is 2.18. The first kappa shape index (κ1) is 11.8. The van der Waals surface area contributed by atoms with Crippen molar-refractivity contribution in [2.45, 2.75) is 19.1 Å². The summed E-state index contributed by atoms with van der Waals surface area (Å²) in [7, 11) is 1.28. The van der Waals surface area contributed by atoms with Gasteiger partial charge >= 0.3 is 6.18 Å². The van der Waals surface area contributed by atoms with Crippen LogP contribution in [0.2, 0.25) is 0 Å². The molecule has 0 saturated carbocycles. The first-order valence-corrected chi connectivity index (χ1v) is 2.22. The third-order valence-corrected chi connectivity index (χ3v) is 0.924. The van der Waals surface area contributed by atoms with Crippen molar-refractivity contribution in [3.63, 3.8) is 0 Å². The molecule has 1 atom stereocenters. The molecule has 0 aromatic rings. The number of hydrogen-bond acceptors (Lipinski definition) is 1. The Balaban J connectivity index is 0. The zero-order valence-electron chi connectivity index (χ0n) is 5.12. The largest absolute Gasteiger partial charge is 0.403 e. The minimum absolute atomic E-state index is 0. The minimum Gasteiger partial charge on any atom is -0.309 e. The molecule has 0 spiro atoms. The Morgan fingerprint density at radius 2 is 1.67 bits per heavy atom. The molecule has 0 fully saturated rings. The van der Waals surface area contributed by atoms with Crippen molar-refractivity contribution < 1.29 is 13.2 Å². The van der Waals surface area contributed by atoms with Crippen LogP contribution in [0.3, 0.4) is 0 Å². The van der Waals surface area contributed by atoms with Crippen LogP contribution >= 0.6 is 12.4 Å². The molecule has 0 aliphatic carbocycles. The summed E-state index contributed by atoms with van der Waals surface area (Å²) in [5, 5.41) is 2.08. The number of hydrogen-bond donors (Lipinski definition) is 1. The Morgan fingerprint density at radius 3 is 1.67 bits per heavy atom. The minimum atomic E-state index is -4.10. The lowest BCUT2D eigenvalue weighted by Crippen LogP contribution is -2.36. The Labute approximate surface area is 58.0 Å². The average Bonchev–Trinajstić information content (AvgIpc) is 1.62. The summed E-state index contributed by atoms with van der Waals surface area (Å²) < 4.78 is 34.2. The van der Waals surface area contributed by atoms with E-state index in [4.69, 9.17) is 0 Å². The molecule has 0 aliphatic heterocycles. The lowest BCUT2D eigenvalue weighted by Gasteiger charge is -2.13. The van der Waals surface area contributed by atoms with Crippen molar-refractivity contribution in [2.24, 2.45) is 0 Å². The summed E-state index contributed by atoms with van der Waals surface area (Å²) in [5.41, 5.74) is 0. The molecule has 0 heterocycles. The van der Waals surface area contributed by atoms with Crippen molar-refractivity contribution in [3.8, 4) is 0 Å². The Bertz CT molecular complexity index is 72.7. The van der Waals surface area contributed by atoms with E-state index in [-0.39, 0.29) is 12.4 Å². The standard InChI is InChI=1S/C4H8F3N.ClH/c1-3(8-2)4(5,6)7;/h3,8H,1-2H3;1H. The van der Waals surface area contributed by atoms with Gasteiger partial charge in [-0.15, -0.1) is 12.4 Å². The van der Waals surface area contributed by atoms with Gasteiger partial charge in [-0.3, -0.25) is 0 Å². The average molecular weight is 164 g/mol. The Kier molecular flexibility index (Phi) is 5.18. The van der Waals surface area contributed by atoms with E-state index in [9.17, 15) is 13.2 Å². The summed E-state index contributed by atoms with van der Waals surface area (Å²) in [5.74, 6) is 0. The second-order valence-electron chi connectivity index (χ2n) is 1.55. The van der Waals surface area contributed by atoms with E-state index in [1.54, 1.807) is 0 Å². The molecule has 0 aliphatic rings. The number of nitrogens with one attached hydrogen (secondary N) is 1. The van der Waals surface area contributed by atoms with Gasteiger partial charge < -0.3 is 5.32 Å². The molecule has 0 aromatic heterocycles. The summed E-state index contributed by atoms with van der Waals surface area (Å²) in [4.78, 5) is 0. The molecule has 0 rings (SSSR count). The number of halogens is 4. The lowest BCUT2D eigenvalue weighted by atomic mass is 10.3. The van der Waals surface area contributed by atoms with Crippen molar-refractivity contribution >= 4 is 12.4 Å². The first-order chi connectivity index (χ1) is 3.48. The van der Waals surface area contributed by atoms with E-state index < -0.39 is 12.2 Å². The van der Waals surface area contributed by atoms with Crippen LogP contribution < -0.4 is 5.32 Å². The van der Waals surface area contributed by atoms with E-state index in [2.05, 4.69) is 5.32 Å². The molecule has 0 aromatic carbocycles. The zero-order chi connectivity index (χ0) is 6.78. The van der Waals surface area contributed by atoms with E-state index in [0.717, 1.165) is 6.92 Å². The topological polar surface area (TPSA) is 12.0 Å². The molecule has 5 heteroatoms. The third-order valence-electron chi connectivity index (χ3n) is 0.924. The zero-order valence-corrected chi connectivity index (χ0v) is 5.94. The fourth-order valence-corrected chi connectivity index (χ4v) is 0.164. The van der Waals surface area contributed by atoms with Crippen LogP contribution in [-0.2, 0) is 0 Å². The van der Waals surface area contributed by atoms with E-state index in [1.807, 2.05) is 0 Å². The molecule has 0 bridgehead atoms. The third kappa shape index (κ3) is 4.54. The smallest absolute Gasteiger partial charge is 0.309 e. The predicted octanol–water partition coefficient (Wildman–Crippen LogP) is 1.58. The fourth-order valence-electron chi connectivity index (χ4n) is 0.164. The molecular weight excluding hydrogens is 154 g/mol. The molecule has 0 amide bonds. The first-order valence-electron chi connectivity index (χ1n) is 2.22. The van der Waals surface area contributed by atoms with Crippen LogP contribution in [0.5, 0.6) is 0 Å². The van der Waals surface area contributed by atoms with E-state index >= 15 is 0 Å². The SMILES string of the molecule is CNC(C)C(F)(F)F.Cl. The molecule has 1 N–H and O–H groups in total. The Morgan fingerprint density at radius 1 is 1.33 bits per heavy atom. The van der Waals surface area contributed by atoms with Gasteiger partial charge in [0.2, 0.25) is 0 Å². The van der Waals surface area contributed by atoms with Crippen LogP contribution in [0.25, 0.3) is 0 Å². The molecule has 1 nitrogen and oxygen atoms in total.